The summed E-state index contributed by atoms with van der Waals surface area (Å²) in [5, 5.41) is 4.51. The van der Waals surface area contributed by atoms with Gasteiger partial charge in [0.1, 0.15) is 5.82 Å². The molecule has 0 atom stereocenters. The van der Waals surface area contributed by atoms with E-state index in [2.05, 4.69) is 72.8 Å². The Bertz CT molecular complexity index is 1330. The summed E-state index contributed by atoms with van der Waals surface area (Å²) in [6, 6.07) is 22.2. The van der Waals surface area contributed by atoms with Crippen molar-refractivity contribution in [3.8, 4) is 11.1 Å². The Kier molecular flexibility index (Phi) is 11.4. The van der Waals surface area contributed by atoms with E-state index < -0.39 is 0 Å². The van der Waals surface area contributed by atoms with Gasteiger partial charge in [0.15, 0.2) is 0 Å². The average molecular weight is 528 g/mol. The second-order valence-electron chi connectivity index (χ2n) is 11.0. The van der Waals surface area contributed by atoms with E-state index in [0.717, 1.165) is 27.7 Å². The lowest BCUT2D eigenvalue weighted by Crippen LogP contribution is -2.26. The van der Waals surface area contributed by atoms with Crippen LogP contribution >= 0.6 is 0 Å². The van der Waals surface area contributed by atoms with Crippen LogP contribution in [0.15, 0.2) is 86.1 Å². The summed E-state index contributed by atoms with van der Waals surface area (Å²) in [5.74, 6) is -0.189. The zero-order valence-corrected chi connectivity index (χ0v) is 24.9. The van der Waals surface area contributed by atoms with Gasteiger partial charge in [0.2, 0.25) is 0 Å². The number of aromatic nitrogens is 1. The molecule has 4 aromatic rings. The first kappa shape index (κ1) is 31.7. The molecular weight excluding hydrogens is 481 g/mol. The van der Waals surface area contributed by atoms with Crippen LogP contribution in [0.3, 0.4) is 0 Å². The fourth-order valence-corrected chi connectivity index (χ4v) is 4.07. The molecule has 1 aliphatic carbocycles. The number of fused-ring (bicyclic) bond motifs is 1. The fourth-order valence-electron chi connectivity index (χ4n) is 4.07. The first-order chi connectivity index (χ1) is 18.5. The number of nitrogens with two attached hydrogens (primary N) is 1. The molecule has 3 nitrogen and oxygen atoms in total. The third-order valence-corrected chi connectivity index (χ3v) is 6.39. The van der Waals surface area contributed by atoms with Gasteiger partial charge in [-0.2, -0.15) is 0 Å². The van der Waals surface area contributed by atoms with Crippen molar-refractivity contribution in [2.45, 2.75) is 78.8 Å². The third kappa shape index (κ3) is 9.04. The summed E-state index contributed by atoms with van der Waals surface area (Å²) >= 11 is 0. The van der Waals surface area contributed by atoms with Crippen molar-refractivity contribution in [1.29, 1.82) is 0 Å². The Balaban J connectivity index is 0.000000527. The van der Waals surface area contributed by atoms with Gasteiger partial charge in [0, 0.05) is 34.9 Å². The molecule has 5 rings (SSSR count). The number of pyridine rings is 1. The molecule has 1 aromatic heterocycles. The largest absolute Gasteiger partial charge is 0.380 e. The van der Waals surface area contributed by atoms with Crippen molar-refractivity contribution in [3.05, 3.63) is 109 Å². The molecule has 0 spiro atoms. The fraction of sp³-hybridized carbons (Fsp3) is 0.343. The van der Waals surface area contributed by atoms with Gasteiger partial charge >= 0.3 is 0 Å². The topological polar surface area (TPSA) is 50.9 Å². The number of halogens is 1. The lowest BCUT2D eigenvalue weighted by atomic mass is 9.95. The zero-order chi connectivity index (χ0) is 29.2. The van der Waals surface area contributed by atoms with E-state index in [4.69, 9.17) is 5.73 Å². The van der Waals surface area contributed by atoms with Gasteiger partial charge in [-0.25, -0.2) is 4.39 Å². The van der Waals surface area contributed by atoms with E-state index in [-0.39, 0.29) is 11.4 Å². The van der Waals surface area contributed by atoms with Crippen molar-refractivity contribution in [3.63, 3.8) is 0 Å². The van der Waals surface area contributed by atoms with E-state index in [1.807, 2.05) is 59.9 Å². The highest BCUT2D eigenvalue weighted by Gasteiger charge is 2.38. The van der Waals surface area contributed by atoms with E-state index in [1.165, 1.54) is 30.0 Å². The molecule has 0 aliphatic heterocycles. The van der Waals surface area contributed by atoms with Crippen LogP contribution < -0.4 is 11.1 Å². The van der Waals surface area contributed by atoms with Crippen LogP contribution in [-0.2, 0) is 12.0 Å². The number of anilines is 1. The van der Waals surface area contributed by atoms with Crippen molar-refractivity contribution in [1.82, 2.24) is 4.98 Å². The van der Waals surface area contributed by atoms with Crippen molar-refractivity contribution in [2.75, 3.05) is 5.32 Å². The lowest BCUT2D eigenvalue weighted by Gasteiger charge is -2.15. The van der Waals surface area contributed by atoms with Gasteiger partial charge in [0.05, 0.1) is 5.52 Å². The molecule has 0 radical (unpaired) electrons. The Morgan fingerprint density at radius 1 is 0.949 bits per heavy atom. The molecule has 3 N–H and O–H groups in total. The lowest BCUT2D eigenvalue weighted by molar-refractivity contribution is 0.580. The van der Waals surface area contributed by atoms with Crippen LogP contribution in [-0.4, -0.2) is 10.5 Å². The molecule has 3 aromatic carbocycles. The van der Waals surface area contributed by atoms with Gasteiger partial charge in [-0.1, -0.05) is 69.3 Å². The van der Waals surface area contributed by atoms with E-state index in [9.17, 15) is 4.39 Å². The zero-order valence-electron chi connectivity index (χ0n) is 24.9. The van der Waals surface area contributed by atoms with Gasteiger partial charge in [-0.15, -0.1) is 13.2 Å². The van der Waals surface area contributed by atoms with Crippen LogP contribution in [0.5, 0.6) is 0 Å². The van der Waals surface area contributed by atoms with Crippen molar-refractivity contribution >= 4 is 16.6 Å². The summed E-state index contributed by atoms with van der Waals surface area (Å²) in [5.41, 5.74) is 13.2. The highest BCUT2D eigenvalue weighted by Crippen LogP contribution is 2.47. The predicted octanol–water partition coefficient (Wildman–Crippen LogP) is 9.58. The van der Waals surface area contributed by atoms with Gasteiger partial charge in [0.25, 0.3) is 0 Å². The molecule has 39 heavy (non-hydrogen) atoms. The van der Waals surface area contributed by atoms with Crippen molar-refractivity contribution in [2.24, 2.45) is 5.73 Å². The number of nitrogens with zero attached hydrogens (tertiary/aromatic N) is 1. The van der Waals surface area contributed by atoms with Crippen molar-refractivity contribution < 1.29 is 4.39 Å². The number of benzene rings is 3. The number of nitrogens with one attached hydrogen (secondary N) is 1. The van der Waals surface area contributed by atoms with Crippen LogP contribution in [0, 0.1) is 12.7 Å². The maximum atomic E-state index is 14.1. The average Bonchev–Trinajstić information content (AvgIpc) is 3.68. The molecule has 1 heterocycles. The Hall–Kier alpha value is -3.50. The van der Waals surface area contributed by atoms with E-state index >= 15 is 0 Å². The predicted molar refractivity (Wildman–Crippen MR) is 169 cm³/mol. The quantitative estimate of drug-likeness (QED) is 0.254. The van der Waals surface area contributed by atoms with Crippen LogP contribution in [0.1, 0.15) is 71.1 Å². The molecule has 0 amide bonds. The Morgan fingerprint density at radius 2 is 1.51 bits per heavy atom. The van der Waals surface area contributed by atoms with Crippen LogP contribution in [0.4, 0.5) is 10.1 Å². The monoisotopic (exact) mass is 527 g/mol. The van der Waals surface area contributed by atoms with E-state index in [0.29, 0.717) is 17.5 Å². The summed E-state index contributed by atoms with van der Waals surface area (Å²) in [4.78, 5) is 4.59. The number of rotatable bonds is 5. The minimum Gasteiger partial charge on any atom is -0.380 e. The highest BCUT2D eigenvalue weighted by atomic mass is 19.1. The molecule has 1 aliphatic rings. The maximum absolute atomic E-state index is 14.1. The minimum absolute atomic E-state index is 0. The Morgan fingerprint density at radius 3 is 2.08 bits per heavy atom. The first-order valence-electron chi connectivity index (χ1n) is 13.8. The molecule has 1 fully saturated rings. The summed E-state index contributed by atoms with van der Waals surface area (Å²) in [7, 11) is 0. The summed E-state index contributed by atoms with van der Waals surface area (Å²) in [6.07, 6.45) is 4.44. The summed E-state index contributed by atoms with van der Waals surface area (Å²) in [6.45, 7) is 20.7. The van der Waals surface area contributed by atoms with Gasteiger partial charge in [-0.3, -0.25) is 4.98 Å². The number of aryl methyl sites for hydroxylation is 1. The standard InChI is InChI=1S/C27H25FN2.C4H11N.C2H6.C2H4/c1-18-16-29-25-12-9-20(19-7-10-22(11-8-19)27(2)13-14-27)15-23(25)26(18)30-17-21-5-3-4-6-24(21)28;1-4(2,3)5;2*1-2/h3-12,15-16H,13-14,17H2,1-2H3,(H,29,30);5H2,1-3H3;1-2H3;1-2H2. The van der Waals surface area contributed by atoms with Crippen LogP contribution in [0.2, 0.25) is 0 Å². The molecule has 0 bridgehead atoms. The third-order valence-electron chi connectivity index (χ3n) is 6.39. The highest BCUT2D eigenvalue weighted by molar-refractivity contribution is 5.95. The Labute approximate surface area is 235 Å². The summed E-state index contributed by atoms with van der Waals surface area (Å²) < 4.78 is 14.1. The molecule has 0 saturated heterocycles. The number of hydrogen-bond donors (Lipinski definition) is 2. The number of hydrogen-bond acceptors (Lipinski definition) is 3. The second-order valence-corrected chi connectivity index (χ2v) is 11.0. The molecular formula is C35H46FN3. The molecule has 208 valence electrons. The SMILES string of the molecule is C=C.CC.CC(C)(C)N.Cc1cnc2ccc(-c3ccc(C4(C)CC4)cc3)cc2c1NCc1ccccc1F. The van der Waals surface area contributed by atoms with Gasteiger partial charge in [-0.05, 0) is 86.4 Å². The molecule has 1 saturated carbocycles. The maximum Gasteiger partial charge on any atom is 0.128 e. The van der Waals surface area contributed by atoms with Gasteiger partial charge < -0.3 is 11.1 Å². The molecule has 4 heteroatoms. The van der Waals surface area contributed by atoms with E-state index in [1.54, 1.807) is 6.07 Å². The smallest absolute Gasteiger partial charge is 0.128 e. The van der Waals surface area contributed by atoms with Crippen LogP contribution in [0.25, 0.3) is 22.0 Å². The molecule has 0 unspecified atom stereocenters. The normalized spacial score (nSPS) is 13.1. The first-order valence-corrected chi connectivity index (χ1v) is 13.8. The second kappa shape index (κ2) is 14.0. The minimum atomic E-state index is -0.189.